The zero-order valence-corrected chi connectivity index (χ0v) is 19.7. The molecule has 0 aliphatic carbocycles. The van der Waals surface area contributed by atoms with E-state index in [0.717, 1.165) is 0 Å². The van der Waals surface area contributed by atoms with Gasteiger partial charge in [-0.3, -0.25) is 4.79 Å². The lowest BCUT2D eigenvalue weighted by atomic mass is 10.0. The van der Waals surface area contributed by atoms with Gasteiger partial charge in [0.15, 0.2) is 18.1 Å². The van der Waals surface area contributed by atoms with Gasteiger partial charge < -0.3 is 23.9 Å². The van der Waals surface area contributed by atoms with Crippen LogP contribution in [-0.4, -0.2) is 25.6 Å². The fraction of sp³-hybridized carbons (Fsp3) is 0.222. The van der Waals surface area contributed by atoms with Gasteiger partial charge in [-0.25, -0.2) is 4.79 Å². The predicted molar refractivity (Wildman–Crippen MR) is 129 cm³/mol. The van der Waals surface area contributed by atoms with Crippen molar-refractivity contribution in [3.8, 4) is 23.3 Å². The van der Waals surface area contributed by atoms with E-state index in [4.69, 9.17) is 18.6 Å². The summed E-state index contributed by atoms with van der Waals surface area (Å²) in [5, 5.41) is 12.0. The van der Waals surface area contributed by atoms with Crippen molar-refractivity contribution >= 4 is 18.0 Å². The Kier molecular flexibility index (Phi) is 8.68. The van der Waals surface area contributed by atoms with Crippen LogP contribution in [-0.2, 0) is 16.1 Å². The zero-order valence-electron chi connectivity index (χ0n) is 19.7. The van der Waals surface area contributed by atoms with Crippen LogP contribution in [0.4, 0.5) is 0 Å². The molecular formula is C27H26N2O6. The highest BCUT2D eigenvalue weighted by Gasteiger charge is 2.14. The number of nitrogens with one attached hydrogen (secondary N) is 1. The summed E-state index contributed by atoms with van der Waals surface area (Å²) in [4.78, 5) is 24.6. The molecule has 0 bridgehead atoms. The van der Waals surface area contributed by atoms with E-state index in [2.05, 4.69) is 19.2 Å². The van der Waals surface area contributed by atoms with Crippen LogP contribution in [0.1, 0.15) is 36.7 Å². The molecule has 0 fully saturated rings. The number of hydrogen-bond acceptors (Lipinski definition) is 7. The van der Waals surface area contributed by atoms with Gasteiger partial charge in [-0.15, -0.1) is 0 Å². The number of methoxy groups -OCH3 is 1. The van der Waals surface area contributed by atoms with E-state index >= 15 is 0 Å². The summed E-state index contributed by atoms with van der Waals surface area (Å²) in [6, 6.07) is 17.5. The highest BCUT2D eigenvalue weighted by atomic mass is 16.6. The SMILES string of the molecule is COc1cc(/C=C(\C#N)C(=O)NCc2ccco2)ccc1OC(=O)COc1ccc(C(C)C)cc1. The second kappa shape index (κ2) is 12.1. The Morgan fingerprint density at radius 1 is 1.11 bits per heavy atom. The van der Waals surface area contributed by atoms with Gasteiger partial charge in [0.2, 0.25) is 0 Å². The van der Waals surface area contributed by atoms with Crippen LogP contribution in [0, 0.1) is 11.3 Å². The first-order valence-corrected chi connectivity index (χ1v) is 10.9. The molecule has 0 unspecified atom stereocenters. The van der Waals surface area contributed by atoms with Crippen molar-refractivity contribution in [1.29, 1.82) is 5.26 Å². The largest absolute Gasteiger partial charge is 0.493 e. The van der Waals surface area contributed by atoms with E-state index in [1.807, 2.05) is 30.3 Å². The topological polar surface area (TPSA) is 111 Å². The number of carbonyl (C=O) groups is 2. The average molecular weight is 475 g/mol. The molecule has 0 radical (unpaired) electrons. The highest BCUT2D eigenvalue weighted by Crippen LogP contribution is 2.29. The second-order valence-corrected chi connectivity index (χ2v) is 7.83. The lowest BCUT2D eigenvalue weighted by Crippen LogP contribution is -2.23. The van der Waals surface area contributed by atoms with Crippen LogP contribution in [0.15, 0.2) is 70.9 Å². The molecule has 8 nitrogen and oxygen atoms in total. The van der Waals surface area contributed by atoms with Gasteiger partial charge in [0.25, 0.3) is 5.91 Å². The van der Waals surface area contributed by atoms with Gasteiger partial charge in [-0.05, 0) is 59.5 Å². The van der Waals surface area contributed by atoms with Gasteiger partial charge in [0.1, 0.15) is 23.2 Å². The van der Waals surface area contributed by atoms with Crippen LogP contribution in [0.5, 0.6) is 17.2 Å². The first-order valence-electron chi connectivity index (χ1n) is 10.9. The Morgan fingerprint density at radius 3 is 2.51 bits per heavy atom. The lowest BCUT2D eigenvalue weighted by molar-refractivity contribution is -0.136. The van der Waals surface area contributed by atoms with Crippen molar-refractivity contribution < 1.29 is 28.2 Å². The molecule has 3 rings (SSSR count). The molecule has 35 heavy (non-hydrogen) atoms. The summed E-state index contributed by atoms with van der Waals surface area (Å²) in [6.07, 6.45) is 2.91. The fourth-order valence-corrected chi connectivity index (χ4v) is 3.09. The molecule has 0 saturated carbocycles. The van der Waals surface area contributed by atoms with Crippen molar-refractivity contribution in [3.05, 3.63) is 83.3 Å². The molecule has 1 N–H and O–H groups in total. The van der Waals surface area contributed by atoms with E-state index < -0.39 is 11.9 Å². The first kappa shape index (κ1) is 25.1. The number of hydrogen-bond donors (Lipinski definition) is 1. The third kappa shape index (κ3) is 7.24. The molecule has 1 amide bonds. The lowest BCUT2D eigenvalue weighted by Gasteiger charge is -2.11. The van der Waals surface area contributed by atoms with Crippen molar-refractivity contribution in [2.24, 2.45) is 0 Å². The number of amides is 1. The minimum Gasteiger partial charge on any atom is -0.493 e. The van der Waals surface area contributed by atoms with Crippen LogP contribution in [0.25, 0.3) is 6.08 Å². The van der Waals surface area contributed by atoms with E-state index in [0.29, 0.717) is 23.0 Å². The first-order chi connectivity index (χ1) is 16.9. The van der Waals surface area contributed by atoms with Gasteiger partial charge in [0.05, 0.1) is 19.9 Å². The maximum Gasteiger partial charge on any atom is 0.349 e. The predicted octanol–water partition coefficient (Wildman–Crippen LogP) is 4.62. The Labute approximate surface area is 203 Å². The highest BCUT2D eigenvalue weighted by molar-refractivity contribution is 6.01. The summed E-state index contributed by atoms with van der Waals surface area (Å²) < 4.78 is 21.3. The zero-order chi connectivity index (χ0) is 25.2. The molecule has 0 spiro atoms. The maximum absolute atomic E-state index is 12.3. The number of ether oxygens (including phenoxy) is 3. The Morgan fingerprint density at radius 2 is 1.89 bits per heavy atom. The quantitative estimate of drug-likeness (QED) is 0.198. The van der Waals surface area contributed by atoms with E-state index in [1.54, 1.807) is 24.3 Å². The molecule has 1 aromatic heterocycles. The minimum absolute atomic E-state index is 0.0970. The van der Waals surface area contributed by atoms with Crippen molar-refractivity contribution in [2.75, 3.05) is 13.7 Å². The fourth-order valence-electron chi connectivity index (χ4n) is 3.09. The molecule has 2 aromatic carbocycles. The minimum atomic E-state index is -0.602. The van der Waals surface area contributed by atoms with Crippen molar-refractivity contribution in [1.82, 2.24) is 5.32 Å². The van der Waals surface area contributed by atoms with Crippen LogP contribution >= 0.6 is 0 Å². The summed E-state index contributed by atoms with van der Waals surface area (Å²) in [5.74, 6) is 0.843. The van der Waals surface area contributed by atoms with E-state index in [-0.39, 0.29) is 30.2 Å². The second-order valence-electron chi connectivity index (χ2n) is 7.83. The molecule has 0 aliphatic rings. The monoisotopic (exact) mass is 474 g/mol. The Balaban J connectivity index is 1.61. The number of carbonyl (C=O) groups excluding carboxylic acids is 2. The van der Waals surface area contributed by atoms with E-state index in [9.17, 15) is 14.9 Å². The number of nitrogens with zero attached hydrogens (tertiary/aromatic N) is 1. The number of benzene rings is 2. The van der Waals surface area contributed by atoms with E-state index in [1.165, 1.54) is 31.1 Å². The summed E-state index contributed by atoms with van der Waals surface area (Å²) in [6.45, 7) is 4.08. The summed E-state index contributed by atoms with van der Waals surface area (Å²) in [5.41, 5.74) is 1.60. The van der Waals surface area contributed by atoms with Crippen LogP contribution in [0.3, 0.4) is 0 Å². The van der Waals surface area contributed by atoms with Crippen LogP contribution in [0.2, 0.25) is 0 Å². The van der Waals surface area contributed by atoms with Gasteiger partial charge in [-0.1, -0.05) is 32.0 Å². The standard InChI is InChI=1S/C27H26N2O6/c1-18(2)20-7-9-22(10-8-20)34-17-26(30)35-24-11-6-19(14-25(24)32-3)13-21(15-28)27(31)29-16-23-5-4-12-33-23/h4-14,18H,16-17H2,1-3H3,(H,29,31)/b21-13+. The number of rotatable bonds is 10. The van der Waals surface area contributed by atoms with Gasteiger partial charge >= 0.3 is 5.97 Å². The average Bonchev–Trinajstić information content (AvgIpc) is 3.39. The molecule has 0 atom stereocenters. The van der Waals surface area contributed by atoms with Crippen molar-refractivity contribution in [3.63, 3.8) is 0 Å². The van der Waals surface area contributed by atoms with Crippen molar-refractivity contribution in [2.45, 2.75) is 26.3 Å². The smallest absolute Gasteiger partial charge is 0.349 e. The molecular weight excluding hydrogens is 448 g/mol. The molecule has 1 heterocycles. The van der Waals surface area contributed by atoms with Crippen LogP contribution < -0.4 is 19.5 Å². The third-order valence-corrected chi connectivity index (χ3v) is 4.99. The molecule has 8 heteroatoms. The van der Waals surface area contributed by atoms with Gasteiger partial charge in [-0.2, -0.15) is 5.26 Å². The summed E-state index contributed by atoms with van der Waals surface area (Å²) >= 11 is 0. The summed E-state index contributed by atoms with van der Waals surface area (Å²) in [7, 11) is 1.42. The number of esters is 1. The molecule has 180 valence electrons. The Hall–Kier alpha value is -4.51. The van der Waals surface area contributed by atoms with Gasteiger partial charge in [0, 0.05) is 0 Å². The maximum atomic E-state index is 12.3. The normalized spacial score (nSPS) is 11.0. The number of furan rings is 1. The third-order valence-electron chi connectivity index (χ3n) is 4.99. The molecule has 0 aliphatic heterocycles. The number of nitriles is 1. The molecule has 3 aromatic rings. The molecule has 0 saturated heterocycles. The Bertz CT molecular complexity index is 1220.